The molecule has 196 valence electrons. The molecule has 0 bridgehead atoms. The van der Waals surface area contributed by atoms with Crippen molar-refractivity contribution in [2.45, 2.75) is 35.5 Å². The van der Waals surface area contributed by atoms with Crippen molar-refractivity contribution < 1.29 is 26.0 Å². The Balaban J connectivity index is 1.52. The molecule has 37 heavy (non-hydrogen) atoms. The van der Waals surface area contributed by atoms with Crippen LogP contribution in [-0.2, 0) is 24.8 Å². The molecule has 1 amide bonds. The number of halogens is 1. The predicted octanol–water partition coefficient (Wildman–Crippen LogP) is 4.22. The molecule has 1 aliphatic rings. The van der Waals surface area contributed by atoms with Gasteiger partial charge in [-0.3, -0.25) is 9.10 Å². The van der Waals surface area contributed by atoms with E-state index in [2.05, 4.69) is 5.32 Å². The van der Waals surface area contributed by atoms with Gasteiger partial charge in [0.25, 0.3) is 10.0 Å². The van der Waals surface area contributed by atoms with Crippen molar-refractivity contribution in [3.8, 4) is 0 Å². The molecule has 1 aliphatic heterocycles. The first-order valence-corrected chi connectivity index (χ1v) is 14.8. The van der Waals surface area contributed by atoms with Crippen LogP contribution in [0.4, 0.5) is 15.8 Å². The SMILES string of the molecule is O=C(CN(c1ccc(F)cc1)S(=O)(=O)c1ccccc1)Nc1ccc(S(=O)(=O)N2CCCCCC2)cc1. The second kappa shape index (κ2) is 11.4. The fourth-order valence-electron chi connectivity index (χ4n) is 4.11. The predicted molar refractivity (Wildman–Crippen MR) is 140 cm³/mol. The van der Waals surface area contributed by atoms with E-state index in [0.29, 0.717) is 18.8 Å². The number of hydrogen-bond acceptors (Lipinski definition) is 5. The molecule has 0 unspecified atom stereocenters. The number of nitrogens with one attached hydrogen (secondary N) is 1. The van der Waals surface area contributed by atoms with Crippen LogP contribution >= 0.6 is 0 Å². The zero-order valence-electron chi connectivity index (χ0n) is 20.1. The summed E-state index contributed by atoms with van der Waals surface area (Å²) in [7, 11) is -7.77. The lowest BCUT2D eigenvalue weighted by atomic mass is 10.2. The third-order valence-corrected chi connectivity index (χ3v) is 9.77. The first kappa shape index (κ1) is 26.8. The van der Waals surface area contributed by atoms with Gasteiger partial charge in [0.05, 0.1) is 15.5 Å². The first-order valence-electron chi connectivity index (χ1n) is 11.9. The summed E-state index contributed by atoms with van der Waals surface area (Å²) in [4.78, 5) is 13.0. The fourth-order valence-corrected chi connectivity index (χ4v) is 7.07. The maximum absolute atomic E-state index is 13.5. The zero-order valence-corrected chi connectivity index (χ0v) is 21.7. The molecule has 4 rings (SSSR count). The molecule has 8 nitrogen and oxygen atoms in total. The molecule has 3 aromatic rings. The molecule has 1 fully saturated rings. The van der Waals surface area contributed by atoms with E-state index in [-0.39, 0.29) is 15.5 Å². The smallest absolute Gasteiger partial charge is 0.264 e. The van der Waals surface area contributed by atoms with Gasteiger partial charge >= 0.3 is 0 Å². The van der Waals surface area contributed by atoms with Crippen molar-refractivity contribution in [1.82, 2.24) is 4.31 Å². The topological polar surface area (TPSA) is 104 Å². The number of amides is 1. The number of carbonyl (C=O) groups excluding carboxylic acids is 1. The molecular weight excluding hydrogens is 517 g/mol. The fraction of sp³-hybridized carbons (Fsp3) is 0.269. The third-order valence-electron chi connectivity index (χ3n) is 6.07. The van der Waals surface area contributed by atoms with Crippen molar-refractivity contribution in [1.29, 1.82) is 0 Å². The van der Waals surface area contributed by atoms with Crippen LogP contribution < -0.4 is 9.62 Å². The van der Waals surface area contributed by atoms with Gasteiger partial charge < -0.3 is 5.32 Å². The zero-order chi connectivity index (χ0) is 26.5. The van der Waals surface area contributed by atoms with E-state index in [1.807, 2.05) is 0 Å². The van der Waals surface area contributed by atoms with E-state index in [9.17, 15) is 26.0 Å². The quantitative estimate of drug-likeness (QED) is 0.456. The van der Waals surface area contributed by atoms with E-state index < -0.39 is 38.3 Å². The number of hydrogen-bond donors (Lipinski definition) is 1. The molecule has 1 saturated heterocycles. The summed E-state index contributed by atoms with van der Waals surface area (Å²) in [6.45, 7) is 0.391. The minimum absolute atomic E-state index is 0.0183. The van der Waals surface area contributed by atoms with Crippen LogP contribution in [0.1, 0.15) is 25.7 Å². The van der Waals surface area contributed by atoms with Crippen LogP contribution in [-0.4, -0.2) is 46.7 Å². The summed E-state index contributed by atoms with van der Waals surface area (Å²) in [5.74, 6) is -1.19. The average molecular weight is 546 g/mol. The molecule has 0 radical (unpaired) electrons. The van der Waals surface area contributed by atoms with Gasteiger partial charge in [-0.05, 0) is 73.5 Å². The molecular formula is C26H28FN3O5S2. The number of anilines is 2. The second-order valence-electron chi connectivity index (χ2n) is 8.69. The van der Waals surface area contributed by atoms with Crippen molar-refractivity contribution in [3.05, 3.63) is 84.7 Å². The number of carbonyl (C=O) groups is 1. The van der Waals surface area contributed by atoms with Crippen LogP contribution in [0.15, 0.2) is 88.7 Å². The lowest BCUT2D eigenvalue weighted by Crippen LogP contribution is -2.38. The minimum atomic E-state index is -4.13. The van der Waals surface area contributed by atoms with Gasteiger partial charge in [0.1, 0.15) is 12.4 Å². The third kappa shape index (κ3) is 6.35. The summed E-state index contributed by atoms with van der Waals surface area (Å²) in [6.07, 6.45) is 3.66. The monoisotopic (exact) mass is 545 g/mol. The van der Waals surface area contributed by atoms with E-state index in [1.165, 1.54) is 52.8 Å². The molecule has 1 heterocycles. The van der Waals surface area contributed by atoms with Gasteiger partial charge in [-0.15, -0.1) is 0 Å². The van der Waals surface area contributed by atoms with E-state index in [0.717, 1.165) is 42.1 Å². The number of benzene rings is 3. The Morgan fingerprint density at radius 1 is 0.784 bits per heavy atom. The van der Waals surface area contributed by atoms with Crippen molar-refractivity contribution in [2.75, 3.05) is 29.3 Å². The Bertz CT molecular complexity index is 1420. The van der Waals surface area contributed by atoms with E-state index in [1.54, 1.807) is 18.2 Å². The molecule has 0 aromatic heterocycles. The van der Waals surface area contributed by atoms with Gasteiger partial charge in [-0.25, -0.2) is 21.2 Å². The first-order chi connectivity index (χ1) is 17.7. The standard InChI is InChI=1S/C26H28FN3O5S2/c27-21-10-14-23(15-11-21)30(37(34,35)24-8-4-3-5-9-24)20-26(31)28-22-12-16-25(17-13-22)36(32,33)29-18-6-1-2-7-19-29/h3-5,8-17H,1-2,6-7,18-20H2,(H,28,31). The summed E-state index contributed by atoms with van der Waals surface area (Å²) in [5, 5.41) is 2.62. The van der Waals surface area contributed by atoms with Gasteiger partial charge in [0, 0.05) is 18.8 Å². The highest BCUT2D eigenvalue weighted by Crippen LogP contribution is 2.25. The van der Waals surface area contributed by atoms with Crippen LogP contribution in [0.3, 0.4) is 0 Å². The molecule has 0 atom stereocenters. The molecule has 0 saturated carbocycles. The maximum Gasteiger partial charge on any atom is 0.264 e. The highest BCUT2D eigenvalue weighted by atomic mass is 32.2. The minimum Gasteiger partial charge on any atom is -0.325 e. The highest BCUT2D eigenvalue weighted by molar-refractivity contribution is 7.92. The largest absolute Gasteiger partial charge is 0.325 e. The summed E-state index contributed by atoms with van der Waals surface area (Å²) in [5.41, 5.74) is 0.440. The van der Waals surface area contributed by atoms with Crippen molar-refractivity contribution in [3.63, 3.8) is 0 Å². The summed E-state index contributed by atoms with van der Waals surface area (Å²) in [6, 6.07) is 18.2. The number of rotatable bonds is 8. The molecule has 0 spiro atoms. The summed E-state index contributed by atoms with van der Waals surface area (Å²) >= 11 is 0. The van der Waals surface area contributed by atoms with E-state index >= 15 is 0 Å². The lowest BCUT2D eigenvalue weighted by Gasteiger charge is -2.24. The average Bonchev–Trinajstić information content (AvgIpc) is 3.19. The van der Waals surface area contributed by atoms with Crippen molar-refractivity contribution >= 4 is 37.3 Å². The summed E-state index contributed by atoms with van der Waals surface area (Å²) < 4.78 is 68.5. The van der Waals surface area contributed by atoms with E-state index in [4.69, 9.17) is 0 Å². The molecule has 0 aliphatic carbocycles. The Labute approximate surface area is 216 Å². The second-order valence-corrected chi connectivity index (χ2v) is 12.5. The Kier molecular flexibility index (Phi) is 8.25. The Morgan fingerprint density at radius 2 is 1.38 bits per heavy atom. The van der Waals surface area contributed by atoms with Gasteiger partial charge in [0.15, 0.2) is 0 Å². The van der Waals surface area contributed by atoms with Gasteiger partial charge in [-0.1, -0.05) is 31.0 Å². The van der Waals surface area contributed by atoms with Crippen LogP contribution in [0.5, 0.6) is 0 Å². The van der Waals surface area contributed by atoms with Crippen LogP contribution in [0.25, 0.3) is 0 Å². The van der Waals surface area contributed by atoms with Crippen LogP contribution in [0.2, 0.25) is 0 Å². The van der Waals surface area contributed by atoms with Crippen molar-refractivity contribution in [2.24, 2.45) is 0 Å². The normalized spacial score (nSPS) is 15.1. The van der Waals surface area contributed by atoms with Gasteiger partial charge in [0.2, 0.25) is 15.9 Å². The Morgan fingerprint density at radius 3 is 1.97 bits per heavy atom. The number of sulfonamides is 2. The molecule has 11 heteroatoms. The highest BCUT2D eigenvalue weighted by Gasteiger charge is 2.28. The molecule has 1 N–H and O–H groups in total. The van der Waals surface area contributed by atoms with Gasteiger partial charge in [-0.2, -0.15) is 4.31 Å². The van der Waals surface area contributed by atoms with Crippen LogP contribution in [0, 0.1) is 5.82 Å². The lowest BCUT2D eigenvalue weighted by molar-refractivity contribution is -0.114. The maximum atomic E-state index is 13.5. The molecule has 3 aromatic carbocycles. The number of nitrogens with zero attached hydrogens (tertiary/aromatic N) is 2. The Hall–Kier alpha value is -3.28.